The average molecular weight is 532 g/mol. The van der Waals surface area contributed by atoms with E-state index in [0.29, 0.717) is 22.2 Å². The lowest BCUT2D eigenvalue weighted by Gasteiger charge is -2.31. The molecule has 0 aliphatic carbocycles. The van der Waals surface area contributed by atoms with Gasteiger partial charge in [0.05, 0.1) is 11.9 Å². The summed E-state index contributed by atoms with van der Waals surface area (Å²) in [7, 11) is -3.94. The number of hydrogen-bond donors (Lipinski definition) is 1. The maximum atomic E-state index is 13.8. The molecule has 2 aromatic rings. The summed E-state index contributed by atoms with van der Waals surface area (Å²) in [6, 6.07) is 8.76. The van der Waals surface area contributed by atoms with Crippen LogP contribution in [0.5, 0.6) is 0 Å². The lowest BCUT2D eigenvalue weighted by Crippen LogP contribution is -2.51. The highest BCUT2D eigenvalue weighted by Crippen LogP contribution is 2.24. The number of sulfonamides is 1. The Kier molecular flexibility index (Phi) is 10.1. The first-order valence-electron chi connectivity index (χ1n) is 10.7. The largest absolute Gasteiger partial charge is 0.354 e. The minimum atomic E-state index is -3.94. The standard InChI is InChI=1S/C23H28Cl2FN3O4S/c1-4-5-11-27-23(31)16(2)28(14-17-9-10-18(24)12-21(17)25)22(30)15-29(34(3,32)33)20-8-6-7-19(26)13-20/h6-10,12-13,16H,4-5,11,14-15H2,1-3H3,(H,27,31)/t16-/m0/s1. The molecule has 2 aromatic carbocycles. The van der Waals surface area contributed by atoms with E-state index in [-0.39, 0.29) is 18.1 Å². The van der Waals surface area contributed by atoms with Gasteiger partial charge >= 0.3 is 0 Å². The van der Waals surface area contributed by atoms with Gasteiger partial charge < -0.3 is 10.2 Å². The lowest BCUT2D eigenvalue weighted by atomic mass is 10.1. The number of carbonyl (C=O) groups excluding carboxylic acids is 2. The highest BCUT2D eigenvalue weighted by Gasteiger charge is 2.30. The molecule has 0 saturated heterocycles. The quantitative estimate of drug-likeness (QED) is 0.439. The van der Waals surface area contributed by atoms with Crippen molar-refractivity contribution in [3.63, 3.8) is 0 Å². The molecule has 0 radical (unpaired) electrons. The highest BCUT2D eigenvalue weighted by atomic mass is 35.5. The second kappa shape index (κ2) is 12.4. The Balaban J connectivity index is 2.38. The van der Waals surface area contributed by atoms with Gasteiger partial charge in [0, 0.05) is 23.1 Å². The molecule has 0 fully saturated rings. The third kappa shape index (κ3) is 7.85. The minimum absolute atomic E-state index is 0.000348. The van der Waals surface area contributed by atoms with E-state index in [1.165, 1.54) is 29.2 Å². The third-order valence-corrected chi connectivity index (χ3v) is 6.86. The number of nitrogens with one attached hydrogen (secondary N) is 1. The van der Waals surface area contributed by atoms with Gasteiger partial charge in [0.1, 0.15) is 18.4 Å². The molecular weight excluding hydrogens is 504 g/mol. The summed E-state index contributed by atoms with van der Waals surface area (Å²) < 4.78 is 39.5. The molecule has 11 heteroatoms. The zero-order valence-electron chi connectivity index (χ0n) is 19.2. The smallest absolute Gasteiger partial charge is 0.244 e. The van der Waals surface area contributed by atoms with Crippen molar-refractivity contribution < 1.29 is 22.4 Å². The van der Waals surface area contributed by atoms with Gasteiger partial charge in [-0.15, -0.1) is 0 Å². The van der Waals surface area contributed by atoms with Crippen molar-refractivity contribution in [2.75, 3.05) is 23.7 Å². The molecular formula is C23H28Cl2FN3O4S. The summed E-state index contributed by atoms with van der Waals surface area (Å²) in [6.45, 7) is 3.30. The van der Waals surface area contributed by atoms with E-state index < -0.39 is 34.3 Å². The average Bonchev–Trinajstić information content (AvgIpc) is 2.75. The Labute approximate surface area is 209 Å². The second-order valence-electron chi connectivity index (χ2n) is 7.83. The summed E-state index contributed by atoms with van der Waals surface area (Å²) in [5.41, 5.74) is 0.532. The molecule has 0 saturated carbocycles. The molecule has 0 aromatic heterocycles. The van der Waals surface area contributed by atoms with Crippen molar-refractivity contribution in [3.8, 4) is 0 Å². The van der Waals surface area contributed by atoms with E-state index in [2.05, 4.69) is 5.32 Å². The molecule has 0 unspecified atom stereocenters. The molecule has 1 N–H and O–H groups in total. The highest BCUT2D eigenvalue weighted by molar-refractivity contribution is 7.92. The van der Waals surface area contributed by atoms with Crippen molar-refractivity contribution in [1.82, 2.24) is 10.2 Å². The first kappa shape index (κ1) is 27.9. The maximum absolute atomic E-state index is 13.8. The molecule has 2 rings (SSSR count). The third-order valence-electron chi connectivity index (χ3n) is 5.13. The van der Waals surface area contributed by atoms with E-state index in [1.54, 1.807) is 19.1 Å². The van der Waals surface area contributed by atoms with Crippen LogP contribution < -0.4 is 9.62 Å². The van der Waals surface area contributed by atoms with Crippen LogP contribution in [0.15, 0.2) is 42.5 Å². The van der Waals surface area contributed by atoms with Crippen molar-refractivity contribution in [2.45, 2.75) is 39.3 Å². The fourth-order valence-corrected chi connectivity index (χ4v) is 4.51. The SMILES string of the molecule is CCCCNC(=O)[C@H](C)N(Cc1ccc(Cl)cc1Cl)C(=O)CN(c1cccc(F)c1)S(C)(=O)=O. The van der Waals surface area contributed by atoms with E-state index in [4.69, 9.17) is 23.2 Å². The van der Waals surface area contributed by atoms with Crippen molar-refractivity contribution in [2.24, 2.45) is 0 Å². The van der Waals surface area contributed by atoms with Gasteiger partial charge in [-0.1, -0.05) is 48.7 Å². The summed E-state index contributed by atoms with van der Waals surface area (Å²) in [4.78, 5) is 27.4. The summed E-state index contributed by atoms with van der Waals surface area (Å²) in [5.74, 6) is -1.69. The maximum Gasteiger partial charge on any atom is 0.244 e. The van der Waals surface area contributed by atoms with Gasteiger partial charge in [0.25, 0.3) is 0 Å². The summed E-state index contributed by atoms with van der Waals surface area (Å²) in [6.07, 6.45) is 2.58. The number of nitrogens with zero attached hydrogens (tertiary/aromatic N) is 2. The lowest BCUT2D eigenvalue weighted by molar-refractivity contribution is -0.139. The Hall–Kier alpha value is -2.36. The van der Waals surface area contributed by atoms with Crippen LogP contribution in [0.4, 0.5) is 10.1 Å². The number of rotatable bonds is 11. The number of hydrogen-bond acceptors (Lipinski definition) is 4. The fourth-order valence-electron chi connectivity index (χ4n) is 3.20. The van der Waals surface area contributed by atoms with Gasteiger partial charge in [-0.25, -0.2) is 12.8 Å². The number of amides is 2. The topological polar surface area (TPSA) is 86.8 Å². The first-order chi connectivity index (χ1) is 15.9. The molecule has 2 amide bonds. The molecule has 7 nitrogen and oxygen atoms in total. The van der Waals surface area contributed by atoms with Gasteiger partial charge in [-0.05, 0) is 49.2 Å². The molecule has 0 heterocycles. The number of halogens is 3. The van der Waals surface area contributed by atoms with Crippen LogP contribution in [-0.4, -0.2) is 50.5 Å². The van der Waals surface area contributed by atoms with Gasteiger partial charge in [0.2, 0.25) is 21.8 Å². The van der Waals surface area contributed by atoms with Crippen LogP contribution in [0.25, 0.3) is 0 Å². The van der Waals surface area contributed by atoms with Crippen LogP contribution >= 0.6 is 23.2 Å². The van der Waals surface area contributed by atoms with E-state index in [0.717, 1.165) is 29.5 Å². The molecule has 0 spiro atoms. The van der Waals surface area contributed by atoms with E-state index in [1.807, 2.05) is 6.92 Å². The van der Waals surface area contributed by atoms with Gasteiger partial charge in [-0.3, -0.25) is 13.9 Å². The van der Waals surface area contributed by atoms with Crippen LogP contribution in [0.1, 0.15) is 32.3 Å². The van der Waals surface area contributed by atoms with Crippen molar-refractivity contribution in [3.05, 3.63) is 63.9 Å². The molecule has 0 aliphatic heterocycles. The Morgan fingerprint density at radius 2 is 1.85 bits per heavy atom. The number of benzene rings is 2. The predicted molar refractivity (Wildman–Crippen MR) is 133 cm³/mol. The van der Waals surface area contributed by atoms with Gasteiger partial charge in [0.15, 0.2) is 0 Å². The first-order valence-corrected chi connectivity index (χ1v) is 13.3. The number of anilines is 1. The molecule has 0 aliphatic rings. The Morgan fingerprint density at radius 1 is 1.15 bits per heavy atom. The normalized spacial score (nSPS) is 12.2. The number of carbonyl (C=O) groups is 2. The molecule has 34 heavy (non-hydrogen) atoms. The fraction of sp³-hybridized carbons (Fsp3) is 0.391. The predicted octanol–water partition coefficient (Wildman–Crippen LogP) is 4.23. The second-order valence-corrected chi connectivity index (χ2v) is 10.6. The van der Waals surface area contributed by atoms with E-state index in [9.17, 15) is 22.4 Å². The molecule has 1 atom stereocenters. The van der Waals surface area contributed by atoms with Gasteiger partial charge in [-0.2, -0.15) is 0 Å². The zero-order valence-corrected chi connectivity index (χ0v) is 21.6. The van der Waals surface area contributed by atoms with Crippen LogP contribution in [-0.2, 0) is 26.2 Å². The van der Waals surface area contributed by atoms with Crippen molar-refractivity contribution in [1.29, 1.82) is 0 Å². The molecule has 186 valence electrons. The minimum Gasteiger partial charge on any atom is -0.354 e. The summed E-state index contributed by atoms with van der Waals surface area (Å²) >= 11 is 12.3. The van der Waals surface area contributed by atoms with Crippen LogP contribution in [0, 0.1) is 5.82 Å². The van der Waals surface area contributed by atoms with Crippen LogP contribution in [0.3, 0.4) is 0 Å². The Bertz CT molecular complexity index is 1130. The van der Waals surface area contributed by atoms with Crippen LogP contribution in [0.2, 0.25) is 10.0 Å². The summed E-state index contributed by atoms with van der Waals surface area (Å²) in [5, 5.41) is 3.49. The zero-order chi connectivity index (χ0) is 25.5. The Morgan fingerprint density at radius 3 is 2.44 bits per heavy atom. The van der Waals surface area contributed by atoms with Crippen molar-refractivity contribution >= 4 is 50.7 Å². The monoisotopic (exact) mass is 531 g/mol. The molecule has 0 bridgehead atoms. The van der Waals surface area contributed by atoms with E-state index >= 15 is 0 Å². The number of unbranched alkanes of at least 4 members (excludes halogenated alkanes) is 1.